The summed E-state index contributed by atoms with van der Waals surface area (Å²) in [6.45, 7) is 4.64. The molecule has 0 aromatic carbocycles. The molecule has 2 nitrogen and oxygen atoms in total. The van der Waals surface area contributed by atoms with Crippen LogP contribution in [0, 0.1) is 0 Å². The lowest BCUT2D eigenvalue weighted by atomic mass is 9.89. The monoisotopic (exact) mass is 188 g/mol. The quantitative estimate of drug-likeness (QED) is 0.615. The van der Waals surface area contributed by atoms with Gasteiger partial charge in [0.2, 0.25) is 0 Å². The van der Waals surface area contributed by atoms with E-state index in [4.69, 9.17) is 0 Å². The summed E-state index contributed by atoms with van der Waals surface area (Å²) < 4.78 is 0. The Morgan fingerprint density at radius 2 is 2.07 bits per heavy atom. The molecule has 0 saturated carbocycles. The van der Waals surface area contributed by atoms with Crippen LogP contribution in [0.4, 0.5) is 0 Å². The SMILES string of the molecule is CC1=C2C=C(N3CCCCC3)C2N=C1. The van der Waals surface area contributed by atoms with Crippen LogP contribution in [0.2, 0.25) is 0 Å². The highest BCUT2D eigenvalue weighted by molar-refractivity contribution is 5.86. The van der Waals surface area contributed by atoms with Crippen molar-refractivity contribution in [3.8, 4) is 0 Å². The van der Waals surface area contributed by atoms with Crippen LogP contribution in [0.3, 0.4) is 0 Å². The van der Waals surface area contributed by atoms with Gasteiger partial charge >= 0.3 is 0 Å². The van der Waals surface area contributed by atoms with E-state index in [1.165, 1.54) is 49.2 Å². The zero-order valence-electron chi connectivity index (χ0n) is 8.66. The molecule has 1 atom stereocenters. The highest BCUT2D eigenvalue weighted by Crippen LogP contribution is 2.37. The van der Waals surface area contributed by atoms with Crippen molar-refractivity contribution in [1.29, 1.82) is 0 Å². The number of nitrogens with zero attached hydrogens (tertiary/aromatic N) is 2. The number of hydrogen-bond donors (Lipinski definition) is 0. The van der Waals surface area contributed by atoms with Gasteiger partial charge in [0.25, 0.3) is 0 Å². The molecule has 0 aromatic rings. The van der Waals surface area contributed by atoms with Crippen molar-refractivity contribution in [1.82, 2.24) is 4.90 Å². The fourth-order valence-corrected chi connectivity index (χ4v) is 2.54. The minimum absolute atomic E-state index is 0.410. The second-order valence-electron chi connectivity index (χ2n) is 4.44. The molecule has 0 radical (unpaired) electrons. The largest absolute Gasteiger partial charge is 0.373 e. The fraction of sp³-hybridized carbons (Fsp3) is 0.583. The summed E-state index contributed by atoms with van der Waals surface area (Å²) in [6.07, 6.45) is 8.46. The first-order chi connectivity index (χ1) is 6.86. The number of fused-ring (bicyclic) bond motifs is 1. The minimum Gasteiger partial charge on any atom is -0.373 e. The molecule has 0 amide bonds. The van der Waals surface area contributed by atoms with Crippen molar-refractivity contribution in [3.05, 3.63) is 22.9 Å². The lowest BCUT2D eigenvalue weighted by Crippen LogP contribution is -2.38. The van der Waals surface area contributed by atoms with Gasteiger partial charge in [0.1, 0.15) is 6.04 Å². The summed E-state index contributed by atoms with van der Waals surface area (Å²) in [4.78, 5) is 7.05. The smallest absolute Gasteiger partial charge is 0.115 e. The third-order valence-electron chi connectivity index (χ3n) is 3.47. The van der Waals surface area contributed by atoms with E-state index in [1.807, 2.05) is 6.21 Å². The van der Waals surface area contributed by atoms with Crippen molar-refractivity contribution < 1.29 is 0 Å². The van der Waals surface area contributed by atoms with Crippen LogP contribution in [-0.2, 0) is 0 Å². The van der Waals surface area contributed by atoms with E-state index in [1.54, 1.807) is 0 Å². The molecule has 1 unspecified atom stereocenters. The van der Waals surface area contributed by atoms with Crippen LogP contribution in [0.15, 0.2) is 27.9 Å². The summed E-state index contributed by atoms with van der Waals surface area (Å²) in [7, 11) is 0. The van der Waals surface area contributed by atoms with Crippen LogP contribution in [-0.4, -0.2) is 30.2 Å². The molecule has 3 rings (SSSR count). The standard InChI is InChI=1S/C12H16N2/c1-9-8-13-12-10(9)7-11(12)14-5-3-2-4-6-14/h7-8,12H,2-6H2,1H3. The van der Waals surface area contributed by atoms with Gasteiger partial charge in [-0.3, -0.25) is 4.99 Å². The Balaban J connectivity index is 1.80. The van der Waals surface area contributed by atoms with Gasteiger partial charge in [0.15, 0.2) is 0 Å². The van der Waals surface area contributed by atoms with Gasteiger partial charge in [-0.25, -0.2) is 0 Å². The number of piperidine rings is 1. The molecule has 1 saturated heterocycles. The summed E-state index contributed by atoms with van der Waals surface area (Å²) >= 11 is 0. The molecule has 2 heterocycles. The molecular formula is C12H16N2. The maximum absolute atomic E-state index is 4.53. The maximum Gasteiger partial charge on any atom is 0.115 e. The molecule has 1 fully saturated rings. The van der Waals surface area contributed by atoms with Crippen molar-refractivity contribution in [2.45, 2.75) is 32.2 Å². The first-order valence-corrected chi connectivity index (χ1v) is 5.57. The Bertz CT molecular complexity index is 343. The van der Waals surface area contributed by atoms with Gasteiger partial charge in [-0.05, 0) is 43.4 Å². The Kier molecular flexibility index (Phi) is 1.76. The predicted molar refractivity (Wildman–Crippen MR) is 58.5 cm³/mol. The first-order valence-electron chi connectivity index (χ1n) is 5.57. The molecule has 0 spiro atoms. The number of rotatable bonds is 1. The number of hydrogen-bond acceptors (Lipinski definition) is 2. The van der Waals surface area contributed by atoms with Gasteiger partial charge < -0.3 is 4.90 Å². The highest BCUT2D eigenvalue weighted by Gasteiger charge is 2.34. The topological polar surface area (TPSA) is 15.6 Å². The van der Waals surface area contributed by atoms with Crippen molar-refractivity contribution in [3.63, 3.8) is 0 Å². The normalized spacial score (nSPS) is 30.2. The summed E-state index contributed by atoms with van der Waals surface area (Å²) in [5.74, 6) is 0. The second-order valence-corrected chi connectivity index (χ2v) is 4.44. The number of allylic oxidation sites excluding steroid dienone is 1. The Hall–Kier alpha value is -1.05. The highest BCUT2D eigenvalue weighted by atomic mass is 15.2. The average Bonchev–Trinajstić information content (AvgIpc) is 2.44. The molecule has 0 bridgehead atoms. The van der Waals surface area contributed by atoms with Gasteiger partial charge in [-0.2, -0.15) is 0 Å². The summed E-state index contributed by atoms with van der Waals surface area (Å²) in [5, 5.41) is 0. The van der Waals surface area contributed by atoms with Crippen molar-refractivity contribution in [2.75, 3.05) is 13.1 Å². The predicted octanol–water partition coefficient (Wildman–Crippen LogP) is 2.14. The molecule has 2 aliphatic heterocycles. The third kappa shape index (κ3) is 1.06. The van der Waals surface area contributed by atoms with Gasteiger partial charge in [-0.15, -0.1) is 0 Å². The molecular weight excluding hydrogens is 172 g/mol. The molecule has 14 heavy (non-hydrogen) atoms. The Labute approximate surface area is 85.0 Å². The Morgan fingerprint density at radius 1 is 1.29 bits per heavy atom. The molecule has 2 heteroatoms. The second kappa shape index (κ2) is 2.97. The van der Waals surface area contributed by atoms with E-state index in [-0.39, 0.29) is 0 Å². The Morgan fingerprint density at radius 3 is 2.79 bits per heavy atom. The van der Waals surface area contributed by atoms with E-state index in [0.717, 1.165) is 0 Å². The molecule has 0 aromatic heterocycles. The van der Waals surface area contributed by atoms with Gasteiger partial charge in [0, 0.05) is 25.0 Å². The van der Waals surface area contributed by atoms with Crippen molar-refractivity contribution >= 4 is 6.21 Å². The zero-order chi connectivity index (χ0) is 9.54. The van der Waals surface area contributed by atoms with E-state index in [0.29, 0.717) is 6.04 Å². The average molecular weight is 188 g/mol. The fourth-order valence-electron chi connectivity index (χ4n) is 2.54. The third-order valence-corrected chi connectivity index (χ3v) is 3.47. The van der Waals surface area contributed by atoms with Gasteiger partial charge in [-0.1, -0.05) is 0 Å². The number of aliphatic imine (C=N–C) groups is 1. The van der Waals surface area contributed by atoms with Crippen LogP contribution in [0.25, 0.3) is 0 Å². The summed E-state index contributed by atoms with van der Waals surface area (Å²) in [5.41, 5.74) is 4.27. The van der Waals surface area contributed by atoms with E-state index < -0.39 is 0 Å². The first kappa shape index (κ1) is 8.27. The van der Waals surface area contributed by atoms with Gasteiger partial charge in [0.05, 0.1) is 0 Å². The maximum atomic E-state index is 4.53. The number of likely N-dealkylation sites (tertiary alicyclic amines) is 1. The minimum atomic E-state index is 0.410. The lowest BCUT2D eigenvalue weighted by molar-refractivity contribution is 0.268. The van der Waals surface area contributed by atoms with Crippen molar-refractivity contribution in [2.24, 2.45) is 4.99 Å². The van der Waals surface area contributed by atoms with E-state index >= 15 is 0 Å². The van der Waals surface area contributed by atoms with Crippen LogP contribution in [0.5, 0.6) is 0 Å². The summed E-state index contributed by atoms with van der Waals surface area (Å²) in [6, 6.07) is 0.410. The van der Waals surface area contributed by atoms with E-state index in [2.05, 4.69) is 22.9 Å². The molecule has 0 N–H and O–H groups in total. The van der Waals surface area contributed by atoms with Crippen LogP contribution in [0.1, 0.15) is 26.2 Å². The zero-order valence-corrected chi connectivity index (χ0v) is 8.66. The van der Waals surface area contributed by atoms with E-state index in [9.17, 15) is 0 Å². The molecule has 74 valence electrons. The molecule has 1 aliphatic carbocycles. The van der Waals surface area contributed by atoms with Crippen LogP contribution >= 0.6 is 0 Å². The van der Waals surface area contributed by atoms with Crippen LogP contribution < -0.4 is 0 Å². The lowest BCUT2D eigenvalue weighted by Gasteiger charge is -2.38. The molecule has 3 aliphatic rings.